The molecular weight excluding hydrogens is 166 g/mol. The van der Waals surface area contributed by atoms with Crippen molar-refractivity contribution in [3.05, 3.63) is 0 Å². The van der Waals surface area contributed by atoms with Gasteiger partial charge in [0.05, 0.1) is 6.07 Å². The number of nitriles is 1. The SMILES string of the molecule is N#CC1(NC(N)=O)CCCCCC1. The quantitative estimate of drug-likeness (QED) is 0.597. The fraction of sp³-hybridized carbons (Fsp3) is 0.778. The van der Waals surface area contributed by atoms with Crippen molar-refractivity contribution >= 4 is 6.03 Å². The molecule has 0 atom stereocenters. The Morgan fingerprint density at radius 2 is 1.85 bits per heavy atom. The van der Waals surface area contributed by atoms with Crippen LogP contribution in [0.3, 0.4) is 0 Å². The maximum absolute atomic E-state index is 10.7. The van der Waals surface area contributed by atoms with Crippen molar-refractivity contribution in [1.82, 2.24) is 5.32 Å². The number of rotatable bonds is 1. The lowest BCUT2D eigenvalue weighted by Crippen LogP contribution is -2.49. The van der Waals surface area contributed by atoms with Crippen molar-refractivity contribution in [1.29, 1.82) is 5.26 Å². The largest absolute Gasteiger partial charge is 0.352 e. The van der Waals surface area contributed by atoms with Gasteiger partial charge in [-0.3, -0.25) is 0 Å². The van der Waals surface area contributed by atoms with Gasteiger partial charge in [0.15, 0.2) is 0 Å². The van der Waals surface area contributed by atoms with Crippen molar-refractivity contribution in [3.63, 3.8) is 0 Å². The first-order chi connectivity index (χ1) is 6.18. The average Bonchev–Trinajstić information content (AvgIpc) is 2.30. The van der Waals surface area contributed by atoms with E-state index in [1.165, 1.54) is 0 Å². The van der Waals surface area contributed by atoms with Gasteiger partial charge in [-0.1, -0.05) is 25.7 Å². The number of primary amides is 1. The molecule has 1 aliphatic rings. The lowest BCUT2D eigenvalue weighted by molar-refractivity contribution is 0.237. The molecule has 1 fully saturated rings. The van der Waals surface area contributed by atoms with Gasteiger partial charge in [-0.25, -0.2) is 4.79 Å². The van der Waals surface area contributed by atoms with Gasteiger partial charge in [0.2, 0.25) is 0 Å². The van der Waals surface area contributed by atoms with Crippen molar-refractivity contribution in [2.24, 2.45) is 5.73 Å². The van der Waals surface area contributed by atoms with Crippen LogP contribution < -0.4 is 11.1 Å². The molecular formula is C9H15N3O. The summed E-state index contributed by atoms with van der Waals surface area (Å²) in [4.78, 5) is 10.7. The third kappa shape index (κ3) is 2.62. The predicted molar refractivity (Wildman–Crippen MR) is 48.8 cm³/mol. The van der Waals surface area contributed by atoms with Crippen LogP contribution in [0.25, 0.3) is 0 Å². The normalized spacial score (nSPS) is 21.2. The molecule has 0 saturated heterocycles. The van der Waals surface area contributed by atoms with Crippen molar-refractivity contribution < 1.29 is 4.79 Å². The Balaban J connectivity index is 2.66. The first kappa shape index (κ1) is 9.85. The lowest BCUT2D eigenvalue weighted by atomic mass is 9.92. The first-order valence-electron chi connectivity index (χ1n) is 4.67. The molecule has 0 aromatic rings. The summed E-state index contributed by atoms with van der Waals surface area (Å²) in [5, 5.41) is 11.6. The van der Waals surface area contributed by atoms with Crippen LogP contribution >= 0.6 is 0 Å². The highest BCUT2D eigenvalue weighted by Gasteiger charge is 2.31. The van der Waals surface area contributed by atoms with Crippen molar-refractivity contribution in [2.45, 2.75) is 44.1 Å². The van der Waals surface area contributed by atoms with Crippen LogP contribution in [0.1, 0.15) is 38.5 Å². The minimum atomic E-state index is -0.692. The Morgan fingerprint density at radius 3 is 2.23 bits per heavy atom. The summed E-state index contributed by atoms with van der Waals surface area (Å²) in [7, 11) is 0. The topological polar surface area (TPSA) is 78.9 Å². The number of nitrogens with zero attached hydrogens (tertiary/aromatic N) is 1. The molecule has 1 rings (SSSR count). The summed E-state index contributed by atoms with van der Waals surface area (Å²) in [6.07, 6.45) is 5.73. The van der Waals surface area contributed by atoms with Gasteiger partial charge in [-0.2, -0.15) is 5.26 Å². The van der Waals surface area contributed by atoms with Crippen LogP contribution in [0, 0.1) is 11.3 Å². The van der Waals surface area contributed by atoms with Crippen LogP contribution in [0.2, 0.25) is 0 Å². The second-order valence-electron chi connectivity index (χ2n) is 3.60. The van der Waals surface area contributed by atoms with Crippen LogP contribution in [0.15, 0.2) is 0 Å². The van der Waals surface area contributed by atoms with E-state index >= 15 is 0 Å². The van der Waals surface area contributed by atoms with Gasteiger partial charge < -0.3 is 11.1 Å². The third-order valence-corrected chi connectivity index (χ3v) is 2.53. The highest BCUT2D eigenvalue weighted by molar-refractivity contribution is 5.73. The van der Waals surface area contributed by atoms with E-state index in [1.54, 1.807) is 0 Å². The minimum Gasteiger partial charge on any atom is -0.352 e. The number of urea groups is 1. The standard InChI is InChI=1S/C9H15N3O/c10-7-9(12-8(11)13)5-3-1-2-4-6-9/h1-6H2,(H3,11,12,13). The fourth-order valence-corrected chi connectivity index (χ4v) is 1.83. The second kappa shape index (κ2) is 4.13. The van der Waals surface area contributed by atoms with Gasteiger partial charge in [0.25, 0.3) is 0 Å². The molecule has 0 aliphatic heterocycles. The van der Waals surface area contributed by atoms with Crippen molar-refractivity contribution in [2.75, 3.05) is 0 Å². The Morgan fingerprint density at radius 1 is 1.31 bits per heavy atom. The second-order valence-corrected chi connectivity index (χ2v) is 3.60. The molecule has 3 N–H and O–H groups in total. The molecule has 1 aliphatic carbocycles. The van der Waals surface area contributed by atoms with Crippen LogP contribution in [-0.2, 0) is 0 Å². The number of hydrogen-bond donors (Lipinski definition) is 2. The molecule has 0 radical (unpaired) electrons. The van der Waals surface area contributed by atoms with Crippen LogP contribution in [0.5, 0.6) is 0 Å². The zero-order valence-electron chi connectivity index (χ0n) is 7.68. The Labute approximate surface area is 78.1 Å². The van der Waals surface area contributed by atoms with E-state index in [-0.39, 0.29) is 0 Å². The van der Waals surface area contributed by atoms with Crippen LogP contribution in [-0.4, -0.2) is 11.6 Å². The molecule has 4 heteroatoms. The fourth-order valence-electron chi connectivity index (χ4n) is 1.83. The van der Waals surface area contributed by atoms with E-state index in [1.807, 2.05) is 0 Å². The summed E-state index contributed by atoms with van der Waals surface area (Å²) < 4.78 is 0. The van der Waals surface area contributed by atoms with Gasteiger partial charge in [-0.15, -0.1) is 0 Å². The van der Waals surface area contributed by atoms with Gasteiger partial charge in [-0.05, 0) is 12.8 Å². The summed E-state index contributed by atoms with van der Waals surface area (Å²) >= 11 is 0. The summed E-state index contributed by atoms with van der Waals surface area (Å²) in [5.41, 5.74) is 4.34. The number of nitrogens with two attached hydrogens (primary N) is 1. The molecule has 0 spiro atoms. The van der Waals surface area contributed by atoms with E-state index in [0.717, 1.165) is 38.5 Å². The first-order valence-corrected chi connectivity index (χ1v) is 4.67. The van der Waals surface area contributed by atoms with Gasteiger partial charge >= 0.3 is 6.03 Å². The Bertz CT molecular complexity index is 224. The number of carbonyl (C=O) groups is 1. The summed E-state index contributed by atoms with van der Waals surface area (Å²) in [6.45, 7) is 0. The predicted octanol–water partition coefficient (Wildman–Crippen LogP) is 1.27. The Hall–Kier alpha value is -1.24. The molecule has 4 nitrogen and oxygen atoms in total. The number of nitrogens with one attached hydrogen (secondary N) is 1. The third-order valence-electron chi connectivity index (χ3n) is 2.53. The average molecular weight is 181 g/mol. The molecule has 0 unspecified atom stereocenters. The number of carbonyl (C=O) groups excluding carboxylic acids is 1. The van der Waals surface area contributed by atoms with Crippen molar-refractivity contribution in [3.8, 4) is 6.07 Å². The zero-order valence-corrected chi connectivity index (χ0v) is 7.68. The maximum Gasteiger partial charge on any atom is 0.313 e. The molecule has 0 aromatic heterocycles. The highest BCUT2D eigenvalue weighted by atomic mass is 16.2. The van der Waals surface area contributed by atoms with E-state index in [2.05, 4.69) is 11.4 Å². The summed E-state index contributed by atoms with van der Waals surface area (Å²) in [5.74, 6) is 0. The molecule has 0 bridgehead atoms. The highest BCUT2D eigenvalue weighted by Crippen LogP contribution is 2.26. The monoisotopic (exact) mass is 181 g/mol. The van der Waals surface area contributed by atoms with E-state index in [9.17, 15) is 4.79 Å². The van der Waals surface area contributed by atoms with E-state index in [4.69, 9.17) is 11.0 Å². The smallest absolute Gasteiger partial charge is 0.313 e. The molecule has 13 heavy (non-hydrogen) atoms. The van der Waals surface area contributed by atoms with Crippen LogP contribution in [0.4, 0.5) is 4.79 Å². The van der Waals surface area contributed by atoms with Gasteiger partial charge in [0, 0.05) is 0 Å². The Kier molecular flexibility index (Phi) is 3.13. The molecule has 2 amide bonds. The lowest BCUT2D eigenvalue weighted by Gasteiger charge is -2.24. The summed E-state index contributed by atoms with van der Waals surface area (Å²) in [6, 6.07) is 1.58. The number of amides is 2. The molecule has 72 valence electrons. The molecule has 0 heterocycles. The van der Waals surface area contributed by atoms with E-state index in [0.29, 0.717) is 0 Å². The zero-order chi connectivity index (χ0) is 9.73. The molecule has 1 saturated carbocycles. The number of hydrogen-bond acceptors (Lipinski definition) is 2. The van der Waals surface area contributed by atoms with Gasteiger partial charge in [0.1, 0.15) is 5.54 Å². The molecule has 0 aromatic carbocycles. The van der Waals surface area contributed by atoms with E-state index < -0.39 is 11.6 Å². The minimum absolute atomic E-state index is 0.594. The maximum atomic E-state index is 10.7.